The summed E-state index contributed by atoms with van der Waals surface area (Å²) in [7, 11) is 0. The number of aromatic nitrogens is 2. The van der Waals surface area contributed by atoms with Gasteiger partial charge in [0, 0.05) is 30.8 Å². The summed E-state index contributed by atoms with van der Waals surface area (Å²) in [4.78, 5) is 44.6. The standard InChI is InChI=1S/C18H22N4O5S/c1-12-8-13-16(28-12)20-11-22(17(13)25)10-14(23)19-9-15(24)21-4-2-18(3-5-21)26-6-7-27-18/h8,11H,2-7,9-10H2,1H3,(H,19,23). The monoisotopic (exact) mass is 406 g/mol. The number of aryl methyl sites for hydroxylation is 1. The molecule has 0 unspecified atom stereocenters. The lowest BCUT2D eigenvalue weighted by Gasteiger charge is -2.37. The number of hydrogen-bond donors (Lipinski definition) is 1. The van der Waals surface area contributed by atoms with Gasteiger partial charge < -0.3 is 19.7 Å². The van der Waals surface area contributed by atoms with Crippen molar-refractivity contribution in [2.45, 2.75) is 32.1 Å². The minimum atomic E-state index is -0.535. The topological polar surface area (TPSA) is 103 Å². The molecule has 2 aromatic heterocycles. The molecule has 0 atom stereocenters. The summed E-state index contributed by atoms with van der Waals surface area (Å²) in [6, 6.07) is 1.77. The molecule has 10 heteroatoms. The lowest BCUT2D eigenvalue weighted by atomic mass is 10.0. The van der Waals surface area contributed by atoms with Gasteiger partial charge in [-0.3, -0.25) is 19.0 Å². The van der Waals surface area contributed by atoms with Gasteiger partial charge in [-0.15, -0.1) is 11.3 Å². The van der Waals surface area contributed by atoms with Crippen molar-refractivity contribution in [3.8, 4) is 0 Å². The summed E-state index contributed by atoms with van der Waals surface area (Å²) in [6.45, 7) is 3.88. The minimum Gasteiger partial charge on any atom is -0.347 e. The Morgan fingerprint density at radius 2 is 2.00 bits per heavy atom. The van der Waals surface area contributed by atoms with E-state index in [1.165, 1.54) is 22.2 Å². The molecule has 2 amide bonds. The number of likely N-dealkylation sites (tertiary alicyclic amines) is 1. The van der Waals surface area contributed by atoms with Crippen LogP contribution in [0.4, 0.5) is 0 Å². The number of carbonyl (C=O) groups is 2. The predicted octanol–water partition coefficient (Wildman–Crippen LogP) is 0.248. The lowest BCUT2D eigenvalue weighted by Crippen LogP contribution is -2.50. The zero-order chi connectivity index (χ0) is 19.7. The Morgan fingerprint density at radius 1 is 1.29 bits per heavy atom. The van der Waals surface area contributed by atoms with Crippen molar-refractivity contribution in [1.29, 1.82) is 0 Å². The van der Waals surface area contributed by atoms with E-state index >= 15 is 0 Å². The molecule has 0 aromatic carbocycles. The van der Waals surface area contributed by atoms with Crippen LogP contribution in [0.2, 0.25) is 0 Å². The Morgan fingerprint density at radius 3 is 2.71 bits per heavy atom. The predicted molar refractivity (Wildman–Crippen MR) is 102 cm³/mol. The highest BCUT2D eigenvalue weighted by atomic mass is 32.1. The normalized spacial score (nSPS) is 18.7. The number of nitrogens with zero attached hydrogens (tertiary/aromatic N) is 3. The lowest BCUT2D eigenvalue weighted by molar-refractivity contribution is -0.187. The number of piperidine rings is 1. The maximum atomic E-state index is 12.4. The summed E-state index contributed by atoms with van der Waals surface area (Å²) < 4.78 is 12.6. The number of fused-ring (bicyclic) bond motifs is 1. The Hall–Kier alpha value is -2.30. The second-order valence-corrected chi connectivity index (χ2v) is 8.25. The Balaban J connectivity index is 1.29. The van der Waals surface area contributed by atoms with Crippen LogP contribution < -0.4 is 10.9 Å². The van der Waals surface area contributed by atoms with Gasteiger partial charge in [-0.1, -0.05) is 0 Å². The smallest absolute Gasteiger partial charge is 0.262 e. The summed E-state index contributed by atoms with van der Waals surface area (Å²) >= 11 is 1.44. The van der Waals surface area contributed by atoms with Gasteiger partial charge in [0.1, 0.15) is 11.4 Å². The van der Waals surface area contributed by atoms with Crippen LogP contribution in [0.25, 0.3) is 10.2 Å². The molecule has 2 saturated heterocycles. The number of carbonyl (C=O) groups excluding carboxylic acids is 2. The summed E-state index contributed by atoms with van der Waals surface area (Å²) in [5.74, 6) is -1.09. The molecule has 0 bridgehead atoms. The maximum Gasteiger partial charge on any atom is 0.262 e. The molecule has 4 heterocycles. The van der Waals surface area contributed by atoms with Crippen LogP contribution in [0.1, 0.15) is 17.7 Å². The molecule has 2 aliphatic rings. The zero-order valence-corrected chi connectivity index (χ0v) is 16.4. The average Bonchev–Trinajstić information content (AvgIpc) is 3.29. The van der Waals surface area contributed by atoms with E-state index in [9.17, 15) is 14.4 Å². The van der Waals surface area contributed by atoms with Crippen LogP contribution in [0.5, 0.6) is 0 Å². The van der Waals surface area contributed by atoms with Crippen LogP contribution in [-0.2, 0) is 25.6 Å². The van der Waals surface area contributed by atoms with E-state index < -0.39 is 11.7 Å². The fourth-order valence-electron chi connectivity index (χ4n) is 3.57. The van der Waals surface area contributed by atoms with Crippen molar-refractivity contribution in [1.82, 2.24) is 19.8 Å². The van der Waals surface area contributed by atoms with Crippen molar-refractivity contribution in [2.24, 2.45) is 0 Å². The first kappa shape index (κ1) is 19.0. The molecule has 150 valence electrons. The quantitative estimate of drug-likeness (QED) is 0.781. The molecule has 1 spiro atoms. The van der Waals surface area contributed by atoms with Crippen LogP contribution in [0.15, 0.2) is 17.2 Å². The first-order valence-electron chi connectivity index (χ1n) is 9.24. The van der Waals surface area contributed by atoms with Crippen LogP contribution >= 0.6 is 11.3 Å². The van der Waals surface area contributed by atoms with Gasteiger partial charge in [0.2, 0.25) is 11.8 Å². The van der Waals surface area contributed by atoms with Gasteiger partial charge in [-0.2, -0.15) is 0 Å². The van der Waals surface area contributed by atoms with E-state index in [1.807, 2.05) is 6.92 Å². The van der Waals surface area contributed by atoms with Gasteiger partial charge in [-0.05, 0) is 13.0 Å². The van der Waals surface area contributed by atoms with E-state index in [0.717, 1.165) is 4.88 Å². The molecule has 2 fully saturated rings. The van der Waals surface area contributed by atoms with Crippen LogP contribution in [-0.4, -0.2) is 64.9 Å². The molecule has 0 radical (unpaired) electrons. The van der Waals surface area contributed by atoms with Gasteiger partial charge in [0.15, 0.2) is 5.79 Å². The SMILES string of the molecule is Cc1cc2c(=O)n(CC(=O)NCC(=O)N3CCC4(CC3)OCCO4)cnc2s1. The number of nitrogens with one attached hydrogen (secondary N) is 1. The molecule has 4 rings (SSSR count). The first-order chi connectivity index (χ1) is 13.5. The van der Waals surface area contributed by atoms with E-state index in [2.05, 4.69) is 10.3 Å². The van der Waals surface area contributed by atoms with E-state index in [0.29, 0.717) is 49.4 Å². The number of hydrogen-bond acceptors (Lipinski definition) is 7. The summed E-state index contributed by atoms with van der Waals surface area (Å²) in [5.41, 5.74) is -0.256. The Bertz CT molecular complexity index is 953. The second-order valence-electron chi connectivity index (χ2n) is 7.02. The number of rotatable bonds is 4. The van der Waals surface area contributed by atoms with Gasteiger partial charge in [0.25, 0.3) is 5.56 Å². The molecule has 1 N–H and O–H groups in total. The second kappa shape index (κ2) is 7.61. The van der Waals surface area contributed by atoms with Gasteiger partial charge in [0.05, 0.1) is 31.5 Å². The van der Waals surface area contributed by atoms with Gasteiger partial charge >= 0.3 is 0 Å². The molecule has 28 heavy (non-hydrogen) atoms. The van der Waals surface area contributed by atoms with Crippen molar-refractivity contribution in [3.05, 3.63) is 27.6 Å². The maximum absolute atomic E-state index is 12.4. The highest BCUT2D eigenvalue weighted by molar-refractivity contribution is 7.18. The molecule has 9 nitrogen and oxygen atoms in total. The highest BCUT2D eigenvalue weighted by Gasteiger charge is 2.40. The molecular weight excluding hydrogens is 384 g/mol. The number of amides is 2. The first-order valence-corrected chi connectivity index (χ1v) is 10.1. The molecular formula is C18H22N4O5S. The third-order valence-electron chi connectivity index (χ3n) is 5.08. The van der Waals surface area contributed by atoms with Crippen molar-refractivity contribution < 1.29 is 19.1 Å². The van der Waals surface area contributed by atoms with Gasteiger partial charge in [-0.25, -0.2) is 4.98 Å². The Kier molecular flexibility index (Phi) is 5.17. The minimum absolute atomic E-state index is 0.102. The van der Waals surface area contributed by atoms with Crippen LogP contribution in [0.3, 0.4) is 0 Å². The van der Waals surface area contributed by atoms with E-state index in [-0.39, 0.29) is 24.6 Å². The average molecular weight is 406 g/mol. The fraction of sp³-hybridized carbons (Fsp3) is 0.556. The number of thiophene rings is 1. The third kappa shape index (κ3) is 3.80. The highest BCUT2D eigenvalue weighted by Crippen LogP contribution is 2.31. The third-order valence-corrected chi connectivity index (χ3v) is 6.04. The number of ether oxygens (including phenoxy) is 2. The van der Waals surface area contributed by atoms with Crippen molar-refractivity contribution in [2.75, 3.05) is 32.8 Å². The van der Waals surface area contributed by atoms with Crippen molar-refractivity contribution in [3.63, 3.8) is 0 Å². The largest absolute Gasteiger partial charge is 0.347 e. The molecule has 2 aromatic rings. The summed E-state index contributed by atoms with van der Waals surface area (Å²) in [6.07, 6.45) is 2.63. The fourth-order valence-corrected chi connectivity index (χ4v) is 4.41. The molecule has 0 saturated carbocycles. The molecule has 0 aliphatic carbocycles. The van der Waals surface area contributed by atoms with E-state index in [1.54, 1.807) is 11.0 Å². The van der Waals surface area contributed by atoms with Crippen LogP contribution in [0, 0.1) is 6.92 Å². The Labute approximate surface area is 165 Å². The van der Waals surface area contributed by atoms with Crippen molar-refractivity contribution >= 4 is 33.4 Å². The zero-order valence-electron chi connectivity index (χ0n) is 15.6. The molecule has 2 aliphatic heterocycles. The van der Waals surface area contributed by atoms with E-state index in [4.69, 9.17) is 9.47 Å². The summed E-state index contributed by atoms with van der Waals surface area (Å²) in [5, 5.41) is 3.10.